The summed E-state index contributed by atoms with van der Waals surface area (Å²) in [5.41, 5.74) is 2.80. The number of rotatable bonds is 7. The van der Waals surface area contributed by atoms with Crippen LogP contribution in [-0.2, 0) is 16.3 Å². The second-order valence-corrected chi connectivity index (χ2v) is 10.4. The van der Waals surface area contributed by atoms with Gasteiger partial charge >= 0.3 is 0 Å². The highest BCUT2D eigenvalue weighted by molar-refractivity contribution is 7.99. The van der Waals surface area contributed by atoms with Crippen LogP contribution in [0.15, 0.2) is 22.1 Å². The van der Waals surface area contributed by atoms with Crippen LogP contribution >= 0.6 is 11.8 Å². The molecule has 2 aromatic rings. The summed E-state index contributed by atoms with van der Waals surface area (Å²) >= 11 is 1.21. The molecule has 9 heteroatoms. The lowest BCUT2D eigenvalue weighted by atomic mass is 10.2. The van der Waals surface area contributed by atoms with Gasteiger partial charge in [-0.3, -0.25) is 9.59 Å². The highest BCUT2D eigenvalue weighted by atomic mass is 32.2. The standard InChI is InChI=1S/C19H25N3O4S2/c1-4-5-14-9-18(24)21-19(20-14)27-10-17(23)16-8-12(2)22(13(16)3)15-6-7-28(25,26)11-15/h8-9,15H,4-7,10-11H2,1-3H3,(H,20,21,24)/t15-/m0/s1. The Labute approximate surface area is 168 Å². The Hall–Kier alpha value is -1.87. The van der Waals surface area contributed by atoms with E-state index in [2.05, 4.69) is 9.97 Å². The number of aromatic amines is 1. The predicted octanol–water partition coefficient (Wildman–Crippen LogP) is 2.48. The minimum absolute atomic E-state index is 0.0613. The number of nitrogens with one attached hydrogen (secondary N) is 1. The van der Waals surface area contributed by atoms with E-state index in [9.17, 15) is 18.0 Å². The summed E-state index contributed by atoms with van der Waals surface area (Å²) in [4.78, 5) is 31.6. The lowest BCUT2D eigenvalue weighted by molar-refractivity contribution is 0.102. The molecule has 0 saturated carbocycles. The van der Waals surface area contributed by atoms with Gasteiger partial charge < -0.3 is 9.55 Å². The molecule has 28 heavy (non-hydrogen) atoms. The molecule has 1 saturated heterocycles. The molecular weight excluding hydrogens is 398 g/mol. The number of thioether (sulfide) groups is 1. The van der Waals surface area contributed by atoms with Crippen molar-refractivity contribution in [1.82, 2.24) is 14.5 Å². The van der Waals surface area contributed by atoms with Gasteiger partial charge in [-0.15, -0.1) is 0 Å². The van der Waals surface area contributed by atoms with Gasteiger partial charge in [-0.05, 0) is 32.8 Å². The summed E-state index contributed by atoms with van der Waals surface area (Å²) in [6.07, 6.45) is 2.19. The first-order chi connectivity index (χ1) is 13.2. The van der Waals surface area contributed by atoms with Gasteiger partial charge in [0.05, 0.1) is 17.3 Å². The maximum Gasteiger partial charge on any atom is 0.251 e. The molecule has 1 aliphatic heterocycles. The van der Waals surface area contributed by atoms with Gasteiger partial charge in [0.25, 0.3) is 5.56 Å². The highest BCUT2D eigenvalue weighted by Gasteiger charge is 2.31. The van der Waals surface area contributed by atoms with Crippen molar-refractivity contribution >= 4 is 27.4 Å². The van der Waals surface area contributed by atoms with Crippen LogP contribution in [0.25, 0.3) is 0 Å². The fraction of sp³-hybridized carbons (Fsp3) is 0.526. The summed E-state index contributed by atoms with van der Waals surface area (Å²) in [5.74, 6) is 0.419. The van der Waals surface area contributed by atoms with Crippen molar-refractivity contribution < 1.29 is 13.2 Å². The number of hydrogen-bond acceptors (Lipinski definition) is 6. The highest BCUT2D eigenvalue weighted by Crippen LogP contribution is 2.29. The third kappa shape index (κ3) is 4.57. The first kappa shape index (κ1) is 20.9. The number of Topliss-reactive ketones (excluding diaryl/α,β-unsaturated/α-hetero) is 1. The van der Waals surface area contributed by atoms with Crippen molar-refractivity contribution in [2.75, 3.05) is 17.3 Å². The first-order valence-corrected chi connectivity index (χ1v) is 12.2. The van der Waals surface area contributed by atoms with Crippen LogP contribution < -0.4 is 5.56 Å². The molecule has 0 aromatic carbocycles. The summed E-state index contributed by atoms with van der Waals surface area (Å²) < 4.78 is 25.6. The van der Waals surface area contributed by atoms with Crippen LogP contribution in [0.2, 0.25) is 0 Å². The van der Waals surface area contributed by atoms with Crippen LogP contribution in [0.5, 0.6) is 0 Å². The van der Waals surface area contributed by atoms with Crippen molar-refractivity contribution in [3.8, 4) is 0 Å². The van der Waals surface area contributed by atoms with Gasteiger partial charge in [-0.25, -0.2) is 13.4 Å². The Morgan fingerprint density at radius 2 is 2.11 bits per heavy atom. The molecule has 1 atom stereocenters. The molecule has 0 bridgehead atoms. The van der Waals surface area contributed by atoms with Crippen LogP contribution in [0, 0.1) is 13.8 Å². The normalized spacial score (nSPS) is 18.5. The van der Waals surface area contributed by atoms with E-state index in [4.69, 9.17) is 0 Å². The van der Waals surface area contributed by atoms with E-state index in [1.807, 2.05) is 31.4 Å². The van der Waals surface area contributed by atoms with Crippen LogP contribution in [0.3, 0.4) is 0 Å². The molecular formula is C19H25N3O4S2. The van der Waals surface area contributed by atoms with Crippen molar-refractivity contribution in [2.24, 2.45) is 0 Å². The zero-order chi connectivity index (χ0) is 20.5. The molecule has 3 heterocycles. The maximum atomic E-state index is 12.8. The van der Waals surface area contributed by atoms with Crippen molar-refractivity contribution in [3.63, 3.8) is 0 Å². The number of aromatic nitrogens is 3. The maximum absolute atomic E-state index is 12.8. The van der Waals surface area contributed by atoms with E-state index >= 15 is 0 Å². The minimum atomic E-state index is -3.00. The number of aryl methyl sites for hydroxylation is 2. The zero-order valence-electron chi connectivity index (χ0n) is 16.3. The number of carbonyl (C=O) groups excluding carboxylic acids is 1. The molecule has 0 spiro atoms. The Balaban J connectivity index is 1.75. The van der Waals surface area contributed by atoms with E-state index in [-0.39, 0.29) is 34.6 Å². The van der Waals surface area contributed by atoms with Crippen LogP contribution in [0.1, 0.15) is 53.2 Å². The molecule has 7 nitrogen and oxygen atoms in total. The Morgan fingerprint density at radius 1 is 1.36 bits per heavy atom. The van der Waals surface area contributed by atoms with E-state index in [1.165, 1.54) is 17.8 Å². The molecule has 0 aliphatic carbocycles. The summed E-state index contributed by atoms with van der Waals surface area (Å²) in [7, 11) is -3.00. The van der Waals surface area contributed by atoms with Crippen LogP contribution in [0.4, 0.5) is 0 Å². The number of carbonyl (C=O) groups is 1. The van der Waals surface area contributed by atoms with E-state index in [0.29, 0.717) is 17.1 Å². The molecule has 2 aromatic heterocycles. The fourth-order valence-corrected chi connectivity index (χ4v) is 6.23. The quantitative estimate of drug-likeness (QED) is 0.417. The van der Waals surface area contributed by atoms with E-state index < -0.39 is 9.84 Å². The summed E-state index contributed by atoms with van der Waals surface area (Å²) in [6.45, 7) is 5.78. The fourth-order valence-electron chi connectivity index (χ4n) is 3.75. The first-order valence-electron chi connectivity index (χ1n) is 9.35. The van der Waals surface area contributed by atoms with E-state index in [0.717, 1.165) is 29.9 Å². The van der Waals surface area contributed by atoms with Crippen molar-refractivity contribution in [3.05, 3.63) is 45.1 Å². The van der Waals surface area contributed by atoms with Crippen molar-refractivity contribution in [2.45, 2.75) is 51.2 Å². The molecule has 1 fully saturated rings. The SMILES string of the molecule is CCCc1cc(=O)[nH]c(SCC(=O)c2cc(C)n([C@H]3CCS(=O)(=O)C3)c2C)n1. The van der Waals surface area contributed by atoms with Gasteiger partial charge in [0.1, 0.15) is 0 Å². The predicted molar refractivity (Wildman–Crippen MR) is 110 cm³/mol. The lowest BCUT2D eigenvalue weighted by Gasteiger charge is -2.16. The lowest BCUT2D eigenvalue weighted by Crippen LogP contribution is -2.15. The zero-order valence-corrected chi connectivity index (χ0v) is 18.0. The van der Waals surface area contributed by atoms with E-state index in [1.54, 1.807) is 0 Å². The third-order valence-electron chi connectivity index (χ3n) is 4.98. The Morgan fingerprint density at radius 3 is 2.75 bits per heavy atom. The molecule has 0 radical (unpaired) electrons. The van der Waals surface area contributed by atoms with Gasteiger partial charge in [-0.1, -0.05) is 25.1 Å². The Kier molecular flexibility index (Phi) is 6.14. The summed E-state index contributed by atoms with van der Waals surface area (Å²) in [5, 5.41) is 0.444. The monoisotopic (exact) mass is 423 g/mol. The second-order valence-electron chi connectivity index (χ2n) is 7.22. The molecule has 3 rings (SSSR count). The number of sulfone groups is 1. The van der Waals surface area contributed by atoms with Gasteiger partial charge in [0, 0.05) is 34.8 Å². The average molecular weight is 424 g/mol. The number of H-pyrrole nitrogens is 1. The number of nitrogens with zero attached hydrogens (tertiary/aromatic N) is 2. The molecule has 0 amide bonds. The van der Waals surface area contributed by atoms with Gasteiger partial charge in [0.2, 0.25) is 0 Å². The topological polar surface area (TPSA) is 102 Å². The third-order valence-corrected chi connectivity index (χ3v) is 7.60. The second kappa shape index (κ2) is 8.24. The van der Waals surface area contributed by atoms with Gasteiger partial charge in [-0.2, -0.15) is 0 Å². The molecule has 1 aliphatic rings. The van der Waals surface area contributed by atoms with Crippen molar-refractivity contribution in [1.29, 1.82) is 0 Å². The molecule has 152 valence electrons. The van der Waals surface area contributed by atoms with Crippen LogP contribution in [-0.4, -0.2) is 46.0 Å². The minimum Gasteiger partial charge on any atom is -0.344 e. The number of hydrogen-bond donors (Lipinski definition) is 1. The molecule has 0 unspecified atom stereocenters. The molecule has 1 N–H and O–H groups in total. The largest absolute Gasteiger partial charge is 0.344 e. The van der Waals surface area contributed by atoms with Gasteiger partial charge in [0.15, 0.2) is 20.8 Å². The Bertz CT molecular complexity index is 1050. The number of ketones is 1. The summed E-state index contributed by atoms with van der Waals surface area (Å²) in [6, 6.07) is 3.20. The average Bonchev–Trinajstić information content (AvgIpc) is 3.11. The smallest absolute Gasteiger partial charge is 0.251 e.